The largest absolute Gasteiger partial charge is 0.494 e. The van der Waals surface area contributed by atoms with Crippen molar-refractivity contribution in [2.75, 3.05) is 37.7 Å². The second-order valence-electron chi connectivity index (χ2n) is 8.43. The summed E-state index contributed by atoms with van der Waals surface area (Å²) in [7, 11) is -3.53. The Labute approximate surface area is 181 Å². The van der Waals surface area contributed by atoms with Crippen molar-refractivity contribution in [3.63, 3.8) is 0 Å². The van der Waals surface area contributed by atoms with E-state index in [2.05, 4.69) is 51.7 Å². The Morgan fingerprint density at radius 2 is 1.57 bits per heavy atom. The normalized spacial score (nSPS) is 15.6. The van der Waals surface area contributed by atoms with E-state index >= 15 is 0 Å². The van der Waals surface area contributed by atoms with Gasteiger partial charge in [0, 0.05) is 31.9 Å². The van der Waals surface area contributed by atoms with Crippen LogP contribution in [0.3, 0.4) is 0 Å². The van der Waals surface area contributed by atoms with Crippen LogP contribution in [0.25, 0.3) is 0 Å². The van der Waals surface area contributed by atoms with E-state index < -0.39 is 10.0 Å². The van der Waals surface area contributed by atoms with Gasteiger partial charge in [-0.05, 0) is 68.5 Å². The summed E-state index contributed by atoms with van der Waals surface area (Å²) in [6.07, 6.45) is 0. The van der Waals surface area contributed by atoms with Crippen LogP contribution in [0.15, 0.2) is 35.2 Å². The monoisotopic (exact) mass is 430 g/mol. The lowest BCUT2D eigenvalue weighted by Gasteiger charge is -2.37. The number of hydrogen-bond donors (Lipinski definition) is 0. The van der Waals surface area contributed by atoms with Crippen LogP contribution in [0.2, 0.25) is 0 Å². The first-order valence-electron chi connectivity index (χ1n) is 10.7. The molecule has 1 saturated heterocycles. The first kappa shape index (κ1) is 22.6. The molecule has 0 N–H and O–H groups in total. The van der Waals surface area contributed by atoms with Gasteiger partial charge in [-0.15, -0.1) is 0 Å². The summed E-state index contributed by atoms with van der Waals surface area (Å²) in [6, 6.07) is 9.64. The predicted molar refractivity (Wildman–Crippen MR) is 123 cm³/mol. The number of piperazine rings is 1. The second-order valence-corrected chi connectivity index (χ2v) is 10.4. The molecule has 5 nitrogen and oxygen atoms in total. The molecule has 2 aromatic carbocycles. The SMILES string of the molecule is CCOc1ccc(S(=O)(=O)N2CCN(c3c(C)cc(C)cc3C)CC2)cc1C(C)C. The third-order valence-corrected chi connectivity index (χ3v) is 7.63. The highest BCUT2D eigenvalue weighted by atomic mass is 32.2. The summed E-state index contributed by atoms with van der Waals surface area (Å²) < 4.78 is 33.9. The summed E-state index contributed by atoms with van der Waals surface area (Å²) in [4.78, 5) is 2.67. The fraction of sp³-hybridized carbons (Fsp3) is 0.500. The lowest BCUT2D eigenvalue weighted by molar-refractivity contribution is 0.334. The topological polar surface area (TPSA) is 49.9 Å². The molecular formula is C24H34N2O3S. The zero-order chi connectivity index (χ0) is 22.1. The Bertz CT molecular complexity index is 984. The average molecular weight is 431 g/mol. The van der Waals surface area contributed by atoms with E-state index in [9.17, 15) is 8.42 Å². The van der Waals surface area contributed by atoms with Gasteiger partial charge in [-0.3, -0.25) is 0 Å². The van der Waals surface area contributed by atoms with Crippen molar-refractivity contribution in [3.05, 3.63) is 52.6 Å². The molecule has 0 aromatic heterocycles. The lowest BCUT2D eigenvalue weighted by atomic mass is 10.0. The highest BCUT2D eigenvalue weighted by Gasteiger charge is 2.30. The van der Waals surface area contributed by atoms with Crippen LogP contribution in [0.4, 0.5) is 5.69 Å². The lowest BCUT2D eigenvalue weighted by Crippen LogP contribution is -2.49. The minimum atomic E-state index is -3.53. The van der Waals surface area contributed by atoms with E-state index in [4.69, 9.17) is 4.74 Å². The Kier molecular flexibility index (Phi) is 6.78. The van der Waals surface area contributed by atoms with Crippen molar-refractivity contribution in [3.8, 4) is 5.75 Å². The van der Waals surface area contributed by atoms with E-state index in [0.717, 1.165) is 11.3 Å². The predicted octanol–water partition coefficient (Wildman–Crippen LogP) is 4.64. The molecular weight excluding hydrogens is 396 g/mol. The van der Waals surface area contributed by atoms with Crippen LogP contribution in [0.1, 0.15) is 48.9 Å². The van der Waals surface area contributed by atoms with Crippen molar-refractivity contribution in [2.24, 2.45) is 0 Å². The molecule has 0 bridgehead atoms. The zero-order valence-corrected chi connectivity index (χ0v) is 19.8. The van der Waals surface area contributed by atoms with Gasteiger partial charge >= 0.3 is 0 Å². The van der Waals surface area contributed by atoms with Gasteiger partial charge in [-0.25, -0.2) is 8.42 Å². The van der Waals surface area contributed by atoms with Crippen molar-refractivity contribution >= 4 is 15.7 Å². The molecule has 164 valence electrons. The molecule has 0 aliphatic carbocycles. The number of sulfonamides is 1. The number of aryl methyl sites for hydroxylation is 3. The van der Waals surface area contributed by atoms with Gasteiger partial charge in [-0.2, -0.15) is 4.31 Å². The van der Waals surface area contributed by atoms with Crippen LogP contribution in [0, 0.1) is 20.8 Å². The van der Waals surface area contributed by atoms with E-state index in [1.165, 1.54) is 22.4 Å². The van der Waals surface area contributed by atoms with E-state index in [-0.39, 0.29) is 5.92 Å². The molecule has 6 heteroatoms. The summed E-state index contributed by atoms with van der Waals surface area (Å²) >= 11 is 0. The van der Waals surface area contributed by atoms with Crippen molar-refractivity contribution in [2.45, 2.75) is 52.4 Å². The van der Waals surface area contributed by atoms with Gasteiger partial charge < -0.3 is 9.64 Å². The number of anilines is 1. The Balaban J connectivity index is 1.81. The molecule has 0 atom stereocenters. The standard InChI is InChI=1S/C24H34N2O3S/c1-7-29-23-9-8-21(16-22(23)17(2)3)30(27,28)26-12-10-25(11-13-26)24-19(5)14-18(4)15-20(24)6/h8-9,14-17H,7,10-13H2,1-6H3. The van der Waals surface area contributed by atoms with Crippen molar-refractivity contribution in [1.29, 1.82) is 0 Å². The number of hydrogen-bond acceptors (Lipinski definition) is 4. The fourth-order valence-electron chi connectivity index (χ4n) is 4.40. The van der Waals surface area contributed by atoms with E-state index in [1.54, 1.807) is 22.5 Å². The third-order valence-electron chi connectivity index (χ3n) is 5.73. The first-order valence-corrected chi connectivity index (χ1v) is 12.2. The maximum Gasteiger partial charge on any atom is 0.243 e. The quantitative estimate of drug-likeness (QED) is 0.670. The molecule has 3 rings (SSSR count). The van der Waals surface area contributed by atoms with Crippen LogP contribution in [0.5, 0.6) is 5.75 Å². The Morgan fingerprint density at radius 3 is 2.10 bits per heavy atom. The van der Waals surface area contributed by atoms with Gasteiger partial charge in [0.2, 0.25) is 10.0 Å². The molecule has 1 heterocycles. The fourth-order valence-corrected chi connectivity index (χ4v) is 5.86. The maximum atomic E-state index is 13.3. The summed E-state index contributed by atoms with van der Waals surface area (Å²) in [5, 5.41) is 0. The summed E-state index contributed by atoms with van der Waals surface area (Å²) in [6.45, 7) is 15.3. The molecule has 0 amide bonds. The average Bonchev–Trinajstić information content (AvgIpc) is 2.68. The number of benzene rings is 2. The molecule has 0 radical (unpaired) electrons. The van der Waals surface area contributed by atoms with Crippen LogP contribution >= 0.6 is 0 Å². The smallest absolute Gasteiger partial charge is 0.243 e. The molecule has 30 heavy (non-hydrogen) atoms. The highest BCUT2D eigenvalue weighted by molar-refractivity contribution is 7.89. The highest BCUT2D eigenvalue weighted by Crippen LogP contribution is 2.32. The molecule has 1 fully saturated rings. The third kappa shape index (κ3) is 4.49. The van der Waals surface area contributed by atoms with Crippen LogP contribution in [-0.4, -0.2) is 45.5 Å². The molecule has 0 spiro atoms. The Hall–Kier alpha value is -2.05. The van der Waals surface area contributed by atoms with Gasteiger partial charge in [0.25, 0.3) is 0 Å². The minimum absolute atomic E-state index is 0.186. The van der Waals surface area contributed by atoms with Crippen LogP contribution in [-0.2, 0) is 10.0 Å². The second kappa shape index (κ2) is 8.98. The number of rotatable bonds is 6. The molecule has 0 unspecified atom stereocenters. The first-order chi connectivity index (χ1) is 14.1. The maximum absolute atomic E-state index is 13.3. The number of nitrogens with zero attached hydrogens (tertiary/aromatic N) is 2. The summed E-state index contributed by atoms with van der Waals surface area (Å²) in [5.41, 5.74) is 5.92. The summed E-state index contributed by atoms with van der Waals surface area (Å²) in [5.74, 6) is 0.952. The minimum Gasteiger partial charge on any atom is -0.494 e. The van der Waals surface area contributed by atoms with E-state index in [0.29, 0.717) is 37.7 Å². The van der Waals surface area contributed by atoms with E-state index in [1.807, 2.05) is 6.92 Å². The zero-order valence-electron chi connectivity index (χ0n) is 19.0. The van der Waals surface area contributed by atoms with Crippen molar-refractivity contribution in [1.82, 2.24) is 4.31 Å². The van der Waals surface area contributed by atoms with Gasteiger partial charge in [-0.1, -0.05) is 31.5 Å². The molecule has 1 aliphatic heterocycles. The molecule has 2 aromatic rings. The van der Waals surface area contributed by atoms with Crippen LogP contribution < -0.4 is 9.64 Å². The van der Waals surface area contributed by atoms with Gasteiger partial charge in [0.05, 0.1) is 11.5 Å². The van der Waals surface area contributed by atoms with Gasteiger partial charge in [0.15, 0.2) is 0 Å². The van der Waals surface area contributed by atoms with Gasteiger partial charge in [0.1, 0.15) is 5.75 Å². The molecule has 1 aliphatic rings. The Morgan fingerprint density at radius 1 is 0.967 bits per heavy atom. The van der Waals surface area contributed by atoms with Crippen molar-refractivity contribution < 1.29 is 13.2 Å². The molecule has 0 saturated carbocycles. The number of ether oxygens (including phenoxy) is 1.